The summed E-state index contributed by atoms with van der Waals surface area (Å²) in [7, 11) is 0. The van der Waals surface area contributed by atoms with Crippen LogP contribution in [-0.2, 0) is 13.0 Å². The number of nitrogens with zero attached hydrogens (tertiary/aromatic N) is 1. The van der Waals surface area contributed by atoms with Crippen LogP contribution in [-0.4, -0.2) is 29.8 Å². The Morgan fingerprint density at radius 3 is 2.50 bits per heavy atom. The van der Waals surface area contributed by atoms with Gasteiger partial charge in [0.25, 0.3) is 11.8 Å². The van der Waals surface area contributed by atoms with E-state index in [2.05, 4.69) is 10.2 Å². The molecule has 1 aliphatic rings. The number of thiophene rings is 1. The number of carbonyl (C=O) groups is 2. The molecule has 0 atom stereocenters. The maximum atomic E-state index is 13.8. The predicted molar refractivity (Wildman–Crippen MR) is 99.1 cm³/mol. The van der Waals surface area contributed by atoms with Crippen molar-refractivity contribution in [2.45, 2.75) is 19.9 Å². The summed E-state index contributed by atoms with van der Waals surface area (Å²) in [4.78, 5) is 27.3. The van der Waals surface area contributed by atoms with Gasteiger partial charge in [0.2, 0.25) is 0 Å². The van der Waals surface area contributed by atoms with E-state index < -0.39 is 29.0 Å². The Bertz CT molecular complexity index is 837. The summed E-state index contributed by atoms with van der Waals surface area (Å²) in [6, 6.07) is 3.19. The summed E-state index contributed by atoms with van der Waals surface area (Å²) in [6.07, 6.45) is 0.641. The number of likely N-dealkylation sites (N-methyl/N-ethyl adjacent to an activating group) is 1. The van der Waals surface area contributed by atoms with E-state index in [1.807, 2.05) is 6.92 Å². The highest BCUT2D eigenvalue weighted by atomic mass is 35.5. The summed E-state index contributed by atoms with van der Waals surface area (Å²) in [5.74, 6) is -3.52. The van der Waals surface area contributed by atoms with Crippen LogP contribution in [0.25, 0.3) is 0 Å². The molecule has 0 fully saturated rings. The molecule has 0 saturated heterocycles. The lowest BCUT2D eigenvalue weighted by Gasteiger charge is -2.25. The van der Waals surface area contributed by atoms with E-state index >= 15 is 0 Å². The van der Waals surface area contributed by atoms with E-state index in [0.717, 1.165) is 35.7 Å². The van der Waals surface area contributed by atoms with Gasteiger partial charge in [-0.2, -0.15) is 0 Å². The molecule has 0 spiro atoms. The fourth-order valence-electron chi connectivity index (χ4n) is 2.96. The number of benzene rings is 1. The third-order valence-corrected chi connectivity index (χ3v) is 5.38. The first kappa shape index (κ1) is 20.3. The quantitative estimate of drug-likeness (QED) is 0.826. The van der Waals surface area contributed by atoms with Gasteiger partial charge < -0.3 is 11.1 Å². The summed E-state index contributed by atoms with van der Waals surface area (Å²) in [6.45, 7) is 4.35. The first-order valence-electron chi connectivity index (χ1n) is 7.84. The smallest absolute Gasteiger partial charge is 0.262 e. The van der Waals surface area contributed by atoms with Crippen LogP contribution < -0.4 is 11.1 Å². The lowest BCUT2D eigenvalue weighted by molar-refractivity contribution is 0.1000. The Labute approximate surface area is 159 Å². The number of anilines is 1. The molecule has 3 N–H and O–H groups in total. The number of fused-ring (bicyclic) bond motifs is 1. The number of hydrogen-bond donors (Lipinski definition) is 2. The maximum absolute atomic E-state index is 13.8. The second-order valence-corrected chi connectivity index (χ2v) is 6.85. The molecule has 0 unspecified atom stereocenters. The van der Waals surface area contributed by atoms with Crippen molar-refractivity contribution in [3.05, 3.63) is 51.4 Å². The van der Waals surface area contributed by atoms with Gasteiger partial charge in [-0.05, 0) is 30.7 Å². The van der Waals surface area contributed by atoms with Gasteiger partial charge in [0, 0.05) is 18.0 Å². The first-order valence-corrected chi connectivity index (χ1v) is 8.66. The number of primary amides is 1. The van der Waals surface area contributed by atoms with E-state index in [9.17, 15) is 18.4 Å². The number of halogens is 3. The van der Waals surface area contributed by atoms with Gasteiger partial charge in [-0.15, -0.1) is 23.7 Å². The van der Waals surface area contributed by atoms with E-state index in [-0.39, 0.29) is 23.0 Å². The molecule has 1 aromatic heterocycles. The first-order chi connectivity index (χ1) is 11.9. The van der Waals surface area contributed by atoms with E-state index in [4.69, 9.17) is 5.73 Å². The van der Waals surface area contributed by atoms with Gasteiger partial charge in [-0.1, -0.05) is 13.0 Å². The molecule has 2 heterocycles. The highest BCUT2D eigenvalue weighted by Gasteiger charge is 2.28. The van der Waals surface area contributed by atoms with Crippen molar-refractivity contribution < 1.29 is 18.4 Å². The predicted octanol–water partition coefficient (Wildman–Crippen LogP) is 3.18. The minimum Gasteiger partial charge on any atom is -0.365 e. The molecule has 26 heavy (non-hydrogen) atoms. The average Bonchev–Trinajstić information content (AvgIpc) is 2.91. The second kappa shape index (κ2) is 8.11. The molecule has 0 radical (unpaired) electrons. The second-order valence-electron chi connectivity index (χ2n) is 5.74. The van der Waals surface area contributed by atoms with Gasteiger partial charge in [0.1, 0.15) is 22.2 Å². The zero-order valence-electron chi connectivity index (χ0n) is 14.0. The van der Waals surface area contributed by atoms with Crippen LogP contribution in [0.2, 0.25) is 0 Å². The highest BCUT2D eigenvalue weighted by molar-refractivity contribution is 7.17. The third kappa shape index (κ3) is 3.72. The molecule has 9 heteroatoms. The molecule has 0 aliphatic carbocycles. The van der Waals surface area contributed by atoms with E-state index in [1.54, 1.807) is 0 Å². The SMILES string of the molecule is CCN1CCc2c(sc(NC(=O)c3c(F)cccc3F)c2C(N)=O)C1.Cl. The molecule has 2 aromatic rings. The molecule has 5 nitrogen and oxygen atoms in total. The topological polar surface area (TPSA) is 75.4 Å². The summed E-state index contributed by atoms with van der Waals surface area (Å²) in [5, 5.41) is 2.70. The molecule has 1 aliphatic heterocycles. The number of amides is 2. The van der Waals surface area contributed by atoms with Crippen molar-refractivity contribution >= 4 is 40.6 Å². The summed E-state index contributed by atoms with van der Waals surface area (Å²) >= 11 is 1.22. The molecule has 0 bridgehead atoms. The monoisotopic (exact) mass is 401 g/mol. The zero-order chi connectivity index (χ0) is 18.1. The van der Waals surface area contributed by atoms with Crippen LogP contribution in [0.4, 0.5) is 13.8 Å². The fraction of sp³-hybridized carbons (Fsp3) is 0.294. The van der Waals surface area contributed by atoms with E-state index in [0.29, 0.717) is 13.0 Å². The van der Waals surface area contributed by atoms with Gasteiger partial charge in [-0.25, -0.2) is 8.78 Å². The lowest BCUT2D eigenvalue weighted by Crippen LogP contribution is -2.30. The van der Waals surface area contributed by atoms with Gasteiger partial charge in [-0.3, -0.25) is 14.5 Å². The zero-order valence-corrected chi connectivity index (χ0v) is 15.6. The Kier molecular flexibility index (Phi) is 6.33. The molecule has 2 amide bonds. The molecule has 0 saturated carbocycles. The van der Waals surface area contributed by atoms with Crippen molar-refractivity contribution in [1.82, 2.24) is 4.90 Å². The summed E-state index contributed by atoms with van der Waals surface area (Å²) in [5.41, 5.74) is 5.85. The molecule has 3 rings (SSSR count). The number of nitrogens with two attached hydrogens (primary N) is 1. The van der Waals surface area contributed by atoms with Gasteiger partial charge in [0.15, 0.2) is 0 Å². The van der Waals surface area contributed by atoms with Crippen molar-refractivity contribution in [3.8, 4) is 0 Å². The Balaban J connectivity index is 0.00000243. The summed E-state index contributed by atoms with van der Waals surface area (Å²) < 4.78 is 27.6. The molecular formula is C17H18ClF2N3O2S. The molecule has 140 valence electrons. The standard InChI is InChI=1S/C17H17F2N3O2S.ClH/c1-2-22-7-6-9-12(8-22)25-17(13(9)15(20)23)21-16(24)14-10(18)4-3-5-11(14)19;/h3-5H,2,6-8H2,1H3,(H2,20,23)(H,21,24);1H. The van der Waals surface area contributed by atoms with Crippen LogP contribution in [0.3, 0.4) is 0 Å². The number of carbonyl (C=O) groups excluding carboxylic acids is 2. The maximum Gasteiger partial charge on any atom is 0.262 e. The minimum absolute atomic E-state index is 0. The fourth-order valence-corrected chi connectivity index (χ4v) is 4.25. The highest BCUT2D eigenvalue weighted by Crippen LogP contribution is 2.37. The van der Waals surface area contributed by atoms with Crippen LogP contribution in [0.15, 0.2) is 18.2 Å². The Morgan fingerprint density at radius 2 is 1.92 bits per heavy atom. The number of nitrogens with one attached hydrogen (secondary N) is 1. The van der Waals surface area contributed by atoms with Gasteiger partial charge >= 0.3 is 0 Å². The van der Waals surface area contributed by atoms with E-state index in [1.165, 1.54) is 17.4 Å². The lowest BCUT2D eigenvalue weighted by atomic mass is 10.0. The van der Waals surface area contributed by atoms with Crippen LogP contribution in [0.1, 0.15) is 38.1 Å². The molecule has 1 aromatic carbocycles. The largest absolute Gasteiger partial charge is 0.365 e. The third-order valence-electron chi connectivity index (χ3n) is 4.25. The van der Waals surface area contributed by atoms with Crippen molar-refractivity contribution in [2.24, 2.45) is 5.73 Å². The number of hydrogen-bond acceptors (Lipinski definition) is 4. The Morgan fingerprint density at radius 1 is 1.27 bits per heavy atom. The van der Waals surface area contributed by atoms with Crippen molar-refractivity contribution in [2.75, 3.05) is 18.4 Å². The number of rotatable bonds is 4. The van der Waals surface area contributed by atoms with Crippen molar-refractivity contribution in [1.29, 1.82) is 0 Å². The van der Waals surface area contributed by atoms with Gasteiger partial charge in [0.05, 0.1) is 5.56 Å². The van der Waals surface area contributed by atoms with Crippen molar-refractivity contribution in [3.63, 3.8) is 0 Å². The normalized spacial score (nSPS) is 13.7. The average molecular weight is 402 g/mol. The minimum atomic E-state index is -0.961. The van der Waals surface area contributed by atoms with Crippen LogP contribution >= 0.6 is 23.7 Å². The van der Waals surface area contributed by atoms with Crippen LogP contribution in [0, 0.1) is 11.6 Å². The Hall–Kier alpha value is -2.03. The molecular weight excluding hydrogens is 384 g/mol. The van der Waals surface area contributed by atoms with Crippen LogP contribution in [0.5, 0.6) is 0 Å².